The quantitative estimate of drug-likeness (QED) is 0.526. The monoisotopic (exact) mass is 99.1 g/mol. The van der Waals surface area contributed by atoms with E-state index in [4.69, 9.17) is 5.73 Å². The summed E-state index contributed by atoms with van der Waals surface area (Å²) in [6, 6.07) is 0. The van der Waals surface area contributed by atoms with Crippen molar-refractivity contribution in [1.29, 1.82) is 0 Å². The van der Waals surface area contributed by atoms with Crippen LogP contribution in [0.2, 0.25) is 0 Å². The first kappa shape index (κ1) is 6.24. The summed E-state index contributed by atoms with van der Waals surface area (Å²) in [6.45, 7) is 3.83. The van der Waals surface area contributed by atoms with Gasteiger partial charge in [0, 0.05) is 6.54 Å². The van der Waals surface area contributed by atoms with Crippen molar-refractivity contribution >= 4 is 0 Å². The molecule has 0 aromatic rings. The lowest BCUT2D eigenvalue weighted by Crippen LogP contribution is -1.91. The molecule has 0 aliphatic rings. The fraction of sp³-hybridized carbons (Fsp3) is 0.200. The van der Waals surface area contributed by atoms with Gasteiger partial charge in [-0.05, 0) is 6.08 Å². The average molecular weight is 99.1 g/mol. The van der Waals surface area contributed by atoms with Crippen LogP contribution in [-0.2, 0) is 4.74 Å². The Hall–Kier alpha value is -0.760. The average Bonchev–Trinajstić information content (AvgIpc) is 1.69. The highest BCUT2D eigenvalue weighted by molar-refractivity contribution is 4.75. The molecule has 0 heterocycles. The van der Waals surface area contributed by atoms with Gasteiger partial charge in [-0.15, -0.1) is 0 Å². The van der Waals surface area contributed by atoms with E-state index in [0.717, 1.165) is 0 Å². The molecule has 0 saturated carbocycles. The Balaban J connectivity index is 2.92. The molecule has 0 amide bonds. The molecule has 2 N–H and O–H groups in total. The zero-order valence-electron chi connectivity index (χ0n) is 4.13. The van der Waals surface area contributed by atoms with Crippen LogP contribution in [0, 0.1) is 0 Å². The molecule has 0 aromatic carbocycles. The maximum Gasteiger partial charge on any atom is 0.0873 e. The van der Waals surface area contributed by atoms with Gasteiger partial charge in [-0.1, -0.05) is 6.58 Å². The topological polar surface area (TPSA) is 35.2 Å². The molecule has 0 saturated heterocycles. The Morgan fingerprint density at radius 2 is 2.43 bits per heavy atom. The van der Waals surface area contributed by atoms with Crippen molar-refractivity contribution in [2.75, 3.05) is 6.54 Å². The van der Waals surface area contributed by atoms with Crippen molar-refractivity contribution in [1.82, 2.24) is 0 Å². The first-order valence-electron chi connectivity index (χ1n) is 2.03. The molecule has 0 bridgehead atoms. The first-order valence-corrected chi connectivity index (χ1v) is 2.03. The standard InChI is InChI=1S/C5H9NO/c1-2-7-5-3-4-6/h2-3,5H,1,4,6H2. The lowest BCUT2D eigenvalue weighted by molar-refractivity contribution is 0.403. The van der Waals surface area contributed by atoms with Crippen molar-refractivity contribution in [3.05, 3.63) is 25.2 Å². The normalized spacial score (nSPS) is 9.29. The van der Waals surface area contributed by atoms with Crippen LogP contribution in [0.25, 0.3) is 0 Å². The van der Waals surface area contributed by atoms with Gasteiger partial charge >= 0.3 is 0 Å². The summed E-state index contributed by atoms with van der Waals surface area (Å²) in [6.07, 6.45) is 4.53. The van der Waals surface area contributed by atoms with Crippen LogP contribution in [0.4, 0.5) is 0 Å². The Labute approximate surface area is 43.3 Å². The van der Waals surface area contributed by atoms with E-state index in [0.29, 0.717) is 6.54 Å². The molecule has 7 heavy (non-hydrogen) atoms. The van der Waals surface area contributed by atoms with E-state index in [1.807, 2.05) is 0 Å². The van der Waals surface area contributed by atoms with Crippen molar-refractivity contribution in [3.8, 4) is 0 Å². The van der Waals surface area contributed by atoms with Gasteiger partial charge in [0.25, 0.3) is 0 Å². The minimum Gasteiger partial charge on any atom is -0.474 e. The molecule has 0 atom stereocenters. The largest absolute Gasteiger partial charge is 0.474 e. The highest BCUT2D eigenvalue weighted by Crippen LogP contribution is 1.72. The Morgan fingerprint density at radius 3 is 2.86 bits per heavy atom. The van der Waals surface area contributed by atoms with Crippen LogP contribution in [0.1, 0.15) is 0 Å². The summed E-state index contributed by atoms with van der Waals surface area (Å²) in [4.78, 5) is 0. The van der Waals surface area contributed by atoms with E-state index < -0.39 is 0 Å². The Morgan fingerprint density at radius 1 is 1.71 bits per heavy atom. The van der Waals surface area contributed by atoms with E-state index in [9.17, 15) is 0 Å². The third-order valence-corrected chi connectivity index (χ3v) is 0.407. The van der Waals surface area contributed by atoms with Crippen LogP contribution in [0.3, 0.4) is 0 Å². The Bertz CT molecular complexity index is 68.5. The summed E-state index contributed by atoms with van der Waals surface area (Å²) in [7, 11) is 0. The molecule has 0 unspecified atom stereocenters. The summed E-state index contributed by atoms with van der Waals surface area (Å²) in [5.74, 6) is 0. The molecule has 0 aromatic heterocycles. The van der Waals surface area contributed by atoms with Crippen LogP contribution in [0.15, 0.2) is 25.2 Å². The maximum absolute atomic E-state index is 5.07. The lowest BCUT2D eigenvalue weighted by atomic mass is 10.6. The van der Waals surface area contributed by atoms with E-state index in [1.54, 1.807) is 6.08 Å². The van der Waals surface area contributed by atoms with Gasteiger partial charge in [-0.3, -0.25) is 0 Å². The molecule has 0 radical (unpaired) electrons. The Kier molecular flexibility index (Phi) is 4.67. The van der Waals surface area contributed by atoms with Gasteiger partial charge in [0.05, 0.1) is 12.5 Å². The van der Waals surface area contributed by atoms with Gasteiger partial charge in [-0.25, -0.2) is 0 Å². The maximum atomic E-state index is 5.07. The van der Waals surface area contributed by atoms with Gasteiger partial charge in [0.2, 0.25) is 0 Å². The minimum absolute atomic E-state index is 0.508. The van der Waals surface area contributed by atoms with Crippen LogP contribution >= 0.6 is 0 Å². The second-order valence-corrected chi connectivity index (χ2v) is 0.910. The molecule has 0 fully saturated rings. The van der Waals surface area contributed by atoms with E-state index in [1.165, 1.54) is 12.5 Å². The first-order chi connectivity index (χ1) is 3.41. The number of hydrogen-bond donors (Lipinski definition) is 1. The van der Waals surface area contributed by atoms with Gasteiger partial charge in [0.1, 0.15) is 0 Å². The number of rotatable bonds is 3. The SMILES string of the molecule is C=COC=CCN. The second-order valence-electron chi connectivity index (χ2n) is 0.910. The molecule has 2 heteroatoms. The summed E-state index contributed by atoms with van der Waals surface area (Å²) < 4.78 is 4.58. The van der Waals surface area contributed by atoms with Crippen molar-refractivity contribution in [3.63, 3.8) is 0 Å². The second kappa shape index (κ2) is 5.24. The molecule has 0 rings (SSSR count). The van der Waals surface area contributed by atoms with E-state index >= 15 is 0 Å². The van der Waals surface area contributed by atoms with Crippen molar-refractivity contribution < 1.29 is 4.74 Å². The summed E-state index contributed by atoms with van der Waals surface area (Å²) >= 11 is 0. The molecule has 40 valence electrons. The minimum atomic E-state index is 0.508. The molecular weight excluding hydrogens is 90.1 g/mol. The van der Waals surface area contributed by atoms with Crippen LogP contribution in [-0.4, -0.2) is 6.54 Å². The zero-order chi connectivity index (χ0) is 5.54. The zero-order valence-corrected chi connectivity index (χ0v) is 4.13. The number of ether oxygens (including phenoxy) is 1. The number of nitrogens with two attached hydrogens (primary N) is 1. The summed E-state index contributed by atoms with van der Waals surface area (Å²) in [5.41, 5.74) is 5.07. The summed E-state index contributed by atoms with van der Waals surface area (Å²) in [5, 5.41) is 0. The van der Waals surface area contributed by atoms with Gasteiger partial charge < -0.3 is 10.5 Å². The van der Waals surface area contributed by atoms with Crippen molar-refractivity contribution in [2.45, 2.75) is 0 Å². The van der Waals surface area contributed by atoms with Gasteiger partial charge in [0.15, 0.2) is 0 Å². The fourth-order valence-corrected chi connectivity index (χ4v) is 0.167. The van der Waals surface area contributed by atoms with Crippen LogP contribution < -0.4 is 5.73 Å². The molecular formula is C5H9NO. The smallest absolute Gasteiger partial charge is 0.0873 e. The molecule has 0 spiro atoms. The predicted molar refractivity (Wildman–Crippen MR) is 29.5 cm³/mol. The predicted octanol–water partition coefficient (Wildman–Crippen LogP) is 0.619. The number of hydrogen-bond acceptors (Lipinski definition) is 2. The van der Waals surface area contributed by atoms with Crippen molar-refractivity contribution in [2.24, 2.45) is 5.73 Å². The van der Waals surface area contributed by atoms with Gasteiger partial charge in [-0.2, -0.15) is 0 Å². The molecule has 0 aliphatic heterocycles. The lowest BCUT2D eigenvalue weighted by Gasteiger charge is -1.82. The fourth-order valence-electron chi connectivity index (χ4n) is 0.167. The van der Waals surface area contributed by atoms with Crippen LogP contribution in [0.5, 0.6) is 0 Å². The van der Waals surface area contributed by atoms with E-state index in [2.05, 4.69) is 11.3 Å². The molecule has 0 aliphatic carbocycles. The molecule has 2 nitrogen and oxygen atoms in total. The third-order valence-electron chi connectivity index (χ3n) is 0.407. The highest BCUT2D eigenvalue weighted by Gasteiger charge is 1.60. The highest BCUT2D eigenvalue weighted by atomic mass is 16.5. The van der Waals surface area contributed by atoms with E-state index in [-0.39, 0.29) is 0 Å². The third kappa shape index (κ3) is 5.24.